The van der Waals surface area contributed by atoms with Crippen LogP contribution in [0.3, 0.4) is 0 Å². The lowest BCUT2D eigenvalue weighted by Crippen LogP contribution is -2.40. The van der Waals surface area contributed by atoms with Crippen LogP contribution in [-0.2, 0) is 4.84 Å². The number of rotatable bonds is 3. The molecule has 0 radical (unpaired) electrons. The lowest BCUT2D eigenvalue weighted by Gasteiger charge is -2.32. The Bertz CT molecular complexity index is 391. The summed E-state index contributed by atoms with van der Waals surface area (Å²) in [6, 6.07) is 8.95. The molecular weight excluding hydrogens is 230 g/mol. The second kappa shape index (κ2) is 5.98. The molecule has 0 saturated carbocycles. The molecule has 1 aromatic rings. The number of hydrogen-bond donors (Lipinski definition) is 1. The Morgan fingerprint density at radius 2 is 2.17 bits per heavy atom. The van der Waals surface area contributed by atoms with E-state index < -0.39 is 0 Å². The molecule has 1 fully saturated rings. The van der Waals surface area contributed by atoms with Gasteiger partial charge < -0.3 is 9.94 Å². The number of aliphatic hydroxyl groups is 1. The highest BCUT2D eigenvalue weighted by atomic mass is 16.7. The van der Waals surface area contributed by atoms with E-state index in [9.17, 15) is 9.90 Å². The molecule has 1 heterocycles. The van der Waals surface area contributed by atoms with Gasteiger partial charge in [0.15, 0.2) is 0 Å². The minimum atomic E-state index is -0.358. The van der Waals surface area contributed by atoms with Gasteiger partial charge in [0.2, 0.25) is 0 Å². The summed E-state index contributed by atoms with van der Waals surface area (Å²) in [6.07, 6.45) is 1.57. The molecule has 4 heteroatoms. The highest BCUT2D eigenvalue weighted by molar-refractivity contribution is 5.89. The van der Waals surface area contributed by atoms with Crippen molar-refractivity contribution in [2.24, 2.45) is 5.92 Å². The van der Waals surface area contributed by atoms with Gasteiger partial charge in [0, 0.05) is 19.0 Å². The third-order valence-electron chi connectivity index (χ3n) is 3.32. The summed E-state index contributed by atoms with van der Waals surface area (Å²) in [5.74, 6) is -0.149. The molecule has 1 aliphatic heterocycles. The summed E-state index contributed by atoms with van der Waals surface area (Å²) in [6.45, 7) is 3.13. The predicted molar refractivity (Wildman–Crippen MR) is 67.8 cm³/mol. The highest BCUT2D eigenvalue weighted by Crippen LogP contribution is 2.20. The Hall–Kier alpha value is -1.39. The number of hydrogen-bond acceptors (Lipinski definition) is 4. The molecule has 4 nitrogen and oxygen atoms in total. The van der Waals surface area contributed by atoms with E-state index in [1.54, 1.807) is 24.1 Å². The van der Waals surface area contributed by atoms with E-state index >= 15 is 0 Å². The minimum Gasteiger partial charge on any atom is -0.393 e. The average molecular weight is 249 g/mol. The lowest BCUT2D eigenvalue weighted by molar-refractivity contribution is -0.139. The Kier molecular flexibility index (Phi) is 4.33. The lowest BCUT2D eigenvalue weighted by atomic mass is 9.95. The van der Waals surface area contributed by atoms with Crippen molar-refractivity contribution in [3.8, 4) is 0 Å². The van der Waals surface area contributed by atoms with Crippen LogP contribution in [0.5, 0.6) is 0 Å². The molecule has 0 amide bonds. The molecule has 2 atom stereocenters. The number of nitrogens with zero attached hydrogens (tertiary/aromatic N) is 1. The standard InChI is InChI=1S/C14H19NO3/c1-11(16)13-8-5-9-15(10-13)18-14(17)12-6-3-2-4-7-12/h2-4,6-7,11,13,16H,5,8-10H2,1H3/t11-,13-/m0/s1. The second-order valence-corrected chi connectivity index (χ2v) is 4.78. The van der Waals surface area contributed by atoms with Crippen LogP contribution in [0.25, 0.3) is 0 Å². The summed E-state index contributed by atoms with van der Waals surface area (Å²) in [4.78, 5) is 17.2. The Balaban J connectivity index is 1.91. The van der Waals surface area contributed by atoms with Crippen LogP contribution in [0.15, 0.2) is 30.3 Å². The van der Waals surface area contributed by atoms with E-state index in [4.69, 9.17) is 4.84 Å². The van der Waals surface area contributed by atoms with Gasteiger partial charge in [-0.2, -0.15) is 0 Å². The number of aliphatic hydroxyl groups excluding tert-OH is 1. The molecule has 0 unspecified atom stereocenters. The van der Waals surface area contributed by atoms with Gasteiger partial charge in [0.1, 0.15) is 0 Å². The van der Waals surface area contributed by atoms with Crippen LogP contribution in [0.1, 0.15) is 30.1 Å². The fourth-order valence-electron chi connectivity index (χ4n) is 2.19. The van der Waals surface area contributed by atoms with Crippen molar-refractivity contribution in [1.82, 2.24) is 5.06 Å². The smallest absolute Gasteiger partial charge is 0.357 e. The predicted octanol–water partition coefficient (Wildman–Crippen LogP) is 1.85. The van der Waals surface area contributed by atoms with Crippen LogP contribution in [0.2, 0.25) is 0 Å². The Morgan fingerprint density at radius 3 is 2.83 bits per heavy atom. The fourth-order valence-corrected chi connectivity index (χ4v) is 2.19. The first-order valence-corrected chi connectivity index (χ1v) is 6.37. The molecule has 18 heavy (non-hydrogen) atoms. The fraction of sp³-hybridized carbons (Fsp3) is 0.500. The summed E-state index contributed by atoms with van der Waals surface area (Å²) in [5.41, 5.74) is 0.552. The minimum absolute atomic E-state index is 0.183. The summed E-state index contributed by atoms with van der Waals surface area (Å²) in [5, 5.41) is 11.2. The quantitative estimate of drug-likeness (QED) is 0.888. The van der Waals surface area contributed by atoms with Crippen LogP contribution in [0, 0.1) is 5.92 Å². The Morgan fingerprint density at radius 1 is 1.44 bits per heavy atom. The van der Waals surface area contributed by atoms with Gasteiger partial charge in [0.05, 0.1) is 11.7 Å². The van der Waals surface area contributed by atoms with Gasteiger partial charge in [-0.25, -0.2) is 4.79 Å². The molecular formula is C14H19NO3. The van der Waals surface area contributed by atoms with E-state index in [1.165, 1.54) is 0 Å². The van der Waals surface area contributed by atoms with E-state index in [-0.39, 0.29) is 18.0 Å². The first-order valence-electron chi connectivity index (χ1n) is 6.37. The van der Waals surface area contributed by atoms with Crippen LogP contribution in [0.4, 0.5) is 0 Å². The van der Waals surface area contributed by atoms with Crippen molar-refractivity contribution in [2.75, 3.05) is 13.1 Å². The normalized spacial score (nSPS) is 22.4. The van der Waals surface area contributed by atoms with Crippen molar-refractivity contribution in [3.05, 3.63) is 35.9 Å². The largest absolute Gasteiger partial charge is 0.393 e. The number of benzene rings is 1. The van der Waals surface area contributed by atoms with Crippen molar-refractivity contribution in [2.45, 2.75) is 25.9 Å². The number of carbonyl (C=O) groups is 1. The molecule has 0 spiro atoms. The summed E-state index contributed by atoms with van der Waals surface area (Å²) in [7, 11) is 0. The van der Waals surface area contributed by atoms with Gasteiger partial charge in [-0.1, -0.05) is 18.2 Å². The first kappa shape index (κ1) is 13.1. The maximum absolute atomic E-state index is 11.9. The maximum atomic E-state index is 11.9. The summed E-state index contributed by atoms with van der Waals surface area (Å²) < 4.78 is 0. The molecule has 1 aromatic carbocycles. The number of hydroxylamine groups is 2. The first-order chi connectivity index (χ1) is 8.66. The zero-order valence-electron chi connectivity index (χ0n) is 10.6. The van der Waals surface area contributed by atoms with Gasteiger partial charge in [-0.3, -0.25) is 0 Å². The molecule has 0 aliphatic carbocycles. The van der Waals surface area contributed by atoms with Crippen LogP contribution in [-0.4, -0.2) is 35.3 Å². The van der Waals surface area contributed by atoms with Gasteiger partial charge >= 0.3 is 5.97 Å². The van der Waals surface area contributed by atoms with Gasteiger partial charge in [-0.05, 0) is 31.9 Å². The molecule has 0 bridgehead atoms. The molecule has 1 aliphatic rings. The molecule has 98 valence electrons. The molecule has 0 aromatic heterocycles. The third-order valence-corrected chi connectivity index (χ3v) is 3.32. The van der Waals surface area contributed by atoms with E-state index in [0.29, 0.717) is 12.1 Å². The zero-order chi connectivity index (χ0) is 13.0. The molecule has 2 rings (SSSR count). The maximum Gasteiger partial charge on any atom is 0.357 e. The van der Waals surface area contributed by atoms with E-state index in [2.05, 4.69) is 0 Å². The third kappa shape index (κ3) is 3.31. The SMILES string of the molecule is C[C@H](O)[C@H]1CCCN(OC(=O)c2ccccc2)C1. The van der Waals surface area contributed by atoms with Crippen LogP contribution >= 0.6 is 0 Å². The molecule has 1 N–H and O–H groups in total. The number of piperidine rings is 1. The van der Waals surface area contributed by atoms with Crippen LogP contribution < -0.4 is 0 Å². The average Bonchev–Trinajstić information content (AvgIpc) is 2.40. The van der Waals surface area contributed by atoms with Gasteiger partial charge in [0.25, 0.3) is 0 Å². The van der Waals surface area contributed by atoms with Crippen molar-refractivity contribution in [3.63, 3.8) is 0 Å². The van der Waals surface area contributed by atoms with E-state index in [1.807, 2.05) is 18.2 Å². The summed E-state index contributed by atoms with van der Waals surface area (Å²) >= 11 is 0. The van der Waals surface area contributed by atoms with Crippen molar-refractivity contribution < 1.29 is 14.7 Å². The molecule has 1 saturated heterocycles. The van der Waals surface area contributed by atoms with Gasteiger partial charge in [-0.15, -0.1) is 5.06 Å². The highest BCUT2D eigenvalue weighted by Gasteiger charge is 2.26. The topological polar surface area (TPSA) is 49.8 Å². The number of carbonyl (C=O) groups excluding carboxylic acids is 1. The van der Waals surface area contributed by atoms with Crippen molar-refractivity contribution >= 4 is 5.97 Å². The zero-order valence-corrected chi connectivity index (χ0v) is 10.6. The van der Waals surface area contributed by atoms with Crippen molar-refractivity contribution in [1.29, 1.82) is 0 Å². The second-order valence-electron chi connectivity index (χ2n) is 4.78. The monoisotopic (exact) mass is 249 g/mol. The van der Waals surface area contributed by atoms with E-state index in [0.717, 1.165) is 19.4 Å². The Labute approximate surface area is 107 Å².